The number of nitrogens with zero attached hydrogens (tertiary/aromatic N) is 7. The zero-order valence-corrected chi connectivity index (χ0v) is 56.7. The molecule has 517 valence electrons. The number of aryl methyl sites for hydroxylation is 2. The quantitative estimate of drug-likeness (QED) is 0.0369. The molecule has 15 atom stereocenters. The summed E-state index contributed by atoms with van der Waals surface area (Å²) in [7, 11) is -5.32. The molecule has 7 heterocycles. The van der Waals surface area contributed by atoms with Crippen molar-refractivity contribution in [3.05, 3.63) is 79.3 Å². The minimum Gasteiger partial charge on any atom is -0.756 e. The van der Waals surface area contributed by atoms with Gasteiger partial charge in [0.05, 0.1) is 41.3 Å². The van der Waals surface area contributed by atoms with E-state index in [9.17, 15) is 53.2 Å². The smallest absolute Gasteiger partial charge is 0.756 e. The van der Waals surface area contributed by atoms with E-state index in [0.29, 0.717) is 56.4 Å². The third-order valence-electron chi connectivity index (χ3n) is 20.5. The Bertz CT molecular complexity index is 3610. The van der Waals surface area contributed by atoms with Crippen LogP contribution in [0.3, 0.4) is 0 Å². The minimum atomic E-state index is -5.32. The Balaban J connectivity index is 0.00000343. The van der Waals surface area contributed by atoms with Crippen LogP contribution in [0.4, 0.5) is 0 Å². The second-order valence-electron chi connectivity index (χ2n) is 27.1. The number of ether oxygens (including phenoxy) is 1. The van der Waals surface area contributed by atoms with Crippen LogP contribution in [0.2, 0.25) is 0 Å². The average molecular weight is 1380 g/mol. The molecule has 1 aromatic heterocycles. The third kappa shape index (κ3) is 15.0. The molecule has 1 aromatic carbocycles. The standard InChI is InChI=1S/C62H90N13O14P.Co.HNO2/c1-29-20-39-40(21-30(29)2)75(28-70-39)57-52(84)53(41(27-76)87-57)89-90(85,86)88-31(3)26-69-49(83)18-19-59(8)37(22-46(66)80)56-62(11)61(10,25-48(68)82)36(14-17-45(65)79)51(74-62)33(5)55-60(9,24-47(67)81)34(12-15-43(63)77)38(71-55)23-42-58(6,7)35(13-16-44(64)78)50(72-42)32(4)54(59)73-56;;2-1-3/h20-21,23,28,31,34-37,41,52-53,56-57,76,84H,12-19,22,24-27H2,1-11H3,(H15,63,64,65,66,67,68,69,71,72,73,74,77,78,79,80,81,82,83,85,86);;(H,2,3)/q;+2;/p-3/t31-,34-,35-,36-,37+,41-,52-,53-,56-,57+,59-,60+,61+,62+;;/m1../s1. The Morgan fingerprint density at radius 1 is 0.809 bits per heavy atom. The Hall–Kier alpha value is -7.09. The molecule has 2 aromatic rings. The number of aliphatic hydroxyl groups excluding tert-OH is 2. The maximum absolute atomic E-state index is 14.4. The van der Waals surface area contributed by atoms with Gasteiger partial charge in [-0.15, -0.1) is 5.34 Å². The van der Waals surface area contributed by atoms with Gasteiger partial charge in [0, 0.05) is 108 Å². The number of benzene rings is 1. The number of hydrogen-bond acceptors (Lipinski definition) is 21. The number of rotatable bonds is 26. The molecule has 6 aliphatic heterocycles. The molecule has 1 unspecified atom stereocenters. The fourth-order valence-electron chi connectivity index (χ4n) is 15.3. The molecule has 2 saturated heterocycles. The number of aliphatic hydroxyl groups is 2. The Morgan fingerprint density at radius 2 is 1.38 bits per heavy atom. The fourth-order valence-corrected chi connectivity index (χ4v) is 16.4. The number of nitrogens with one attached hydrogen (secondary N) is 1. The first-order valence-corrected chi connectivity index (χ1v) is 32.3. The number of phosphoric ester groups is 1. The number of carbonyl (C=O) groups is 7. The Morgan fingerprint density at radius 3 is 1.95 bits per heavy atom. The molecule has 2 fully saturated rings. The molecule has 32 heteroatoms. The van der Waals surface area contributed by atoms with Gasteiger partial charge in [-0.2, -0.15) is 5.70 Å². The largest absolute Gasteiger partial charge is 2.00 e. The predicted molar refractivity (Wildman–Crippen MR) is 341 cm³/mol. The normalized spacial score (nSPS) is 32.9. The van der Waals surface area contributed by atoms with Gasteiger partial charge >= 0.3 is 16.8 Å². The van der Waals surface area contributed by atoms with Crippen LogP contribution in [-0.4, -0.2) is 127 Å². The number of aromatic nitrogens is 2. The van der Waals surface area contributed by atoms with Gasteiger partial charge in [0.25, 0.3) is 7.82 Å². The molecule has 6 aliphatic rings. The number of carbonyl (C=O) groups excluding carboxylic acids is 7. The van der Waals surface area contributed by atoms with Crippen LogP contribution in [0.15, 0.2) is 73.1 Å². The molecule has 0 aliphatic carbocycles. The van der Waals surface area contributed by atoms with Gasteiger partial charge in [-0.25, -0.2) is 4.98 Å². The van der Waals surface area contributed by atoms with Gasteiger partial charge in [-0.1, -0.05) is 40.7 Å². The van der Waals surface area contributed by atoms with E-state index in [-0.39, 0.29) is 94.0 Å². The van der Waals surface area contributed by atoms with Crippen molar-refractivity contribution < 1.29 is 83.8 Å². The number of primary amides is 6. The summed E-state index contributed by atoms with van der Waals surface area (Å²) in [5, 5.41) is 39.1. The number of fused-ring (bicyclic) bond motifs is 7. The van der Waals surface area contributed by atoms with Crippen molar-refractivity contribution >= 4 is 77.3 Å². The molecule has 8 bridgehead atoms. The molecule has 0 saturated carbocycles. The summed E-state index contributed by atoms with van der Waals surface area (Å²) in [5.41, 5.74) is 36.7. The summed E-state index contributed by atoms with van der Waals surface area (Å²) in [5.74, 6) is -7.40. The van der Waals surface area contributed by atoms with Crippen LogP contribution in [0.5, 0.6) is 0 Å². The maximum atomic E-state index is 14.4. The van der Waals surface area contributed by atoms with Crippen LogP contribution < -0.4 is 44.6 Å². The molecule has 0 spiro atoms. The molecule has 8 rings (SSSR count). The van der Waals surface area contributed by atoms with E-state index in [1.165, 1.54) is 17.8 Å². The first-order valence-electron chi connectivity index (χ1n) is 30.9. The third-order valence-corrected chi connectivity index (χ3v) is 21.6. The first kappa shape index (κ1) is 75.9. The van der Waals surface area contributed by atoms with Crippen LogP contribution >= 0.6 is 7.82 Å². The maximum Gasteiger partial charge on any atom is 2.00 e. The van der Waals surface area contributed by atoms with E-state index in [1.807, 2.05) is 80.5 Å². The molecule has 94 heavy (non-hydrogen) atoms. The summed E-state index contributed by atoms with van der Waals surface area (Å²) in [6, 6.07) is 2.65. The number of aliphatic imine (C=N–C) groups is 3. The second-order valence-corrected chi connectivity index (χ2v) is 28.4. The number of phosphoric acid groups is 1. The minimum absolute atomic E-state index is 0. The van der Waals surface area contributed by atoms with Crippen molar-refractivity contribution in [2.75, 3.05) is 13.2 Å². The van der Waals surface area contributed by atoms with Gasteiger partial charge in [-0.3, -0.25) is 53.1 Å². The van der Waals surface area contributed by atoms with Crippen LogP contribution in [0, 0.1) is 69.3 Å². The molecular formula is C62H88CoN14O16P-. The van der Waals surface area contributed by atoms with Crippen molar-refractivity contribution in [2.45, 2.75) is 189 Å². The van der Waals surface area contributed by atoms with Gasteiger partial charge in [0.15, 0.2) is 6.23 Å². The van der Waals surface area contributed by atoms with Crippen molar-refractivity contribution in [2.24, 2.45) is 100 Å². The average Bonchev–Trinajstić information content (AvgIpc) is 1.53. The van der Waals surface area contributed by atoms with Gasteiger partial charge in [0.1, 0.15) is 18.3 Å². The van der Waals surface area contributed by atoms with E-state index in [2.05, 4.69) is 10.3 Å². The number of allylic oxidation sites excluding steroid dienone is 6. The summed E-state index contributed by atoms with van der Waals surface area (Å²) >= 11 is 0. The summed E-state index contributed by atoms with van der Waals surface area (Å²) in [6.45, 7) is 19.0. The fraction of sp³-hybridized carbons (Fsp3) is 0.629. The summed E-state index contributed by atoms with van der Waals surface area (Å²) in [6.07, 6.45) is -4.79. The van der Waals surface area contributed by atoms with E-state index >= 15 is 0 Å². The second kappa shape index (κ2) is 29.1. The van der Waals surface area contributed by atoms with E-state index in [1.54, 1.807) is 6.92 Å². The van der Waals surface area contributed by atoms with Crippen molar-refractivity contribution in [1.29, 1.82) is 0 Å². The number of hydrogen-bond donors (Lipinski definition) is 9. The monoisotopic (exact) mass is 1370 g/mol. The number of imidazole rings is 1. The van der Waals surface area contributed by atoms with Crippen LogP contribution in [0.1, 0.15) is 150 Å². The van der Waals surface area contributed by atoms with Crippen molar-refractivity contribution in [3.8, 4) is 0 Å². The van der Waals surface area contributed by atoms with Gasteiger partial charge in [-0.05, 0) is 119 Å². The van der Waals surface area contributed by atoms with Crippen LogP contribution in [-0.2, 0) is 68.7 Å². The van der Waals surface area contributed by atoms with E-state index in [4.69, 9.17) is 78.6 Å². The summed E-state index contributed by atoms with van der Waals surface area (Å²) < 4.78 is 31.9. The number of nitrogens with two attached hydrogens (primary N) is 6. The van der Waals surface area contributed by atoms with Crippen LogP contribution in [0.25, 0.3) is 16.4 Å². The van der Waals surface area contributed by atoms with Crippen molar-refractivity contribution in [1.82, 2.24) is 14.9 Å². The molecule has 30 nitrogen and oxygen atoms in total. The van der Waals surface area contributed by atoms with E-state index < -0.39 is 143 Å². The zero-order valence-electron chi connectivity index (χ0n) is 54.8. The molecular weight excluding hydrogens is 1290 g/mol. The number of amides is 7. The molecule has 7 amide bonds. The predicted octanol–water partition coefficient (Wildman–Crippen LogP) is 3.56. The first-order chi connectivity index (χ1) is 43.2. The van der Waals surface area contributed by atoms with Crippen molar-refractivity contribution in [3.63, 3.8) is 0 Å². The zero-order chi connectivity index (χ0) is 69.4. The SMILES string of the molecule is C/C1=C2/[N-][C@H]([C@H](CC(N)=O)[C@@]2(C)CCC(=O)NC[C@@H](C)OP(=O)([O-])O[C@H]2[C@@H](O)[C@@H](n3cnc4cc(C)c(C)cc43)O[C@@H]2CO)[C@]2(C)N=C(/C(C)=C3N=C(/C=C4N=C1[C@@H](CCC(N)=O)C\4(C)C)[C@@H](CCC(N)=O)[C@]\3(C)CC(N)=O)[C@@H](CCC(N)=O)[C@]2(C)CC(N)=O.O=N[O-].[Co+2]. The van der Waals surface area contributed by atoms with E-state index in [0.717, 1.165) is 16.5 Å². The summed E-state index contributed by atoms with van der Waals surface area (Å²) in [4.78, 5) is 136. The molecule has 15 N–H and O–H groups in total. The molecule has 1 radical (unpaired) electrons. The van der Waals surface area contributed by atoms with Gasteiger partial charge < -0.3 is 88.6 Å². The van der Waals surface area contributed by atoms with Gasteiger partial charge in [0.2, 0.25) is 41.4 Å². The topological polar surface area (TPSA) is 517 Å². The Labute approximate surface area is 555 Å². The Kier molecular flexibility index (Phi) is 23.5.